The molecule has 0 radical (unpaired) electrons. The maximum atomic E-state index is 11.5. The van der Waals surface area contributed by atoms with Gasteiger partial charge in [-0.1, -0.05) is 24.3 Å². The minimum Gasteiger partial charge on any atom is -0.390 e. The molecule has 2 atom stereocenters. The average molecular weight is 299 g/mol. The maximum Gasteiger partial charge on any atom is 0.154 e. The molecule has 1 aromatic carbocycles. The Bertz CT molecular complexity index is 544. The summed E-state index contributed by atoms with van der Waals surface area (Å²) in [6, 6.07) is 7.48. The lowest BCUT2D eigenvalue weighted by molar-refractivity contribution is 0.133. The van der Waals surface area contributed by atoms with Gasteiger partial charge in [-0.15, -0.1) is 0 Å². The van der Waals surface area contributed by atoms with Crippen LogP contribution in [0.1, 0.15) is 18.1 Å². The molecule has 1 heterocycles. The molecule has 1 aromatic rings. The van der Waals surface area contributed by atoms with Crippen LogP contribution in [0.25, 0.3) is 0 Å². The number of nitrogens with one attached hydrogen (secondary N) is 1. The van der Waals surface area contributed by atoms with Gasteiger partial charge in [0, 0.05) is 19.2 Å². The first-order chi connectivity index (χ1) is 9.52. The normalized spacial score (nSPS) is 24.9. The largest absolute Gasteiger partial charge is 0.390 e. The highest BCUT2D eigenvalue weighted by atomic mass is 32.2. The van der Waals surface area contributed by atoms with Crippen molar-refractivity contribution in [2.75, 3.05) is 18.1 Å². The maximum absolute atomic E-state index is 11.5. The Morgan fingerprint density at radius 2 is 2.00 bits per heavy atom. The number of hydrogen-bond donors (Lipinski definition) is 2. The fourth-order valence-electron chi connectivity index (χ4n) is 2.35. The molecule has 0 saturated carbocycles. The Labute approximate surface area is 119 Å². The first-order valence-corrected chi connectivity index (χ1v) is 8.60. The standard InChI is InChI=1S/C14H21NO4S/c1-2-19-8-12-6-4-3-5-11(12)7-15-13-9-20(17,18)10-14(13)16/h3-6,13-16H,2,7-10H2,1H3. The van der Waals surface area contributed by atoms with Crippen molar-refractivity contribution in [1.82, 2.24) is 5.32 Å². The quantitative estimate of drug-likeness (QED) is 0.798. The van der Waals surface area contributed by atoms with E-state index >= 15 is 0 Å². The van der Waals surface area contributed by atoms with E-state index < -0.39 is 15.9 Å². The van der Waals surface area contributed by atoms with Gasteiger partial charge in [0.05, 0.1) is 24.2 Å². The highest BCUT2D eigenvalue weighted by Crippen LogP contribution is 2.15. The molecule has 5 nitrogen and oxygen atoms in total. The van der Waals surface area contributed by atoms with Crippen LogP contribution in [0.2, 0.25) is 0 Å². The van der Waals surface area contributed by atoms with E-state index in [-0.39, 0.29) is 17.5 Å². The van der Waals surface area contributed by atoms with Crippen LogP contribution in [0.15, 0.2) is 24.3 Å². The lowest BCUT2D eigenvalue weighted by atomic mass is 10.1. The number of aliphatic hydroxyl groups excluding tert-OH is 1. The molecule has 20 heavy (non-hydrogen) atoms. The predicted molar refractivity (Wildman–Crippen MR) is 77.1 cm³/mol. The lowest BCUT2D eigenvalue weighted by Crippen LogP contribution is -2.38. The van der Waals surface area contributed by atoms with E-state index in [2.05, 4.69) is 5.32 Å². The molecule has 6 heteroatoms. The fraction of sp³-hybridized carbons (Fsp3) is 0.571. The van der Waals surface area contributed by atoms with Gasteiger partial charge < -0.3 is 15.2 Å². The van der Waals surface area contributed by atoms with Crippen LogP contribution in [0.5, 0.6) is 0 Å². The lowest BCUT2D eigenvalue weighted by Gasteiger charge is -2.16. The first kappa shape index (κ1) is 15.4. The van der Waals surface area contributed by atoms with Crippen LogP contribution in [-0.2, 0) is 27.7 Å². The third kappa shape index (κ3) is 4.02. The molecule has 0 amide bonds. The van der Waals surface area contributed by atoms with E-state index in [9.17, 15) is 13.5 Å². The SMILES string of the molecule is CCOCc1ccccc1CNC1CS(=O)(=O)CC1O. The highest BCUT2D eigenvalue weighted by molar-refractivity contribution is 7.91. The third-order valence-electron chi connectivity index (χ3n) is 3.46. The summed E-state index contributed by atoms with van der Waals surface area (Å²) >= 11 is 0. The summed E-state index contributed by atoms with van der Waals surface area (Å²) in [5.41, 5.74) is 2.15. The molecular formula is C14H21NO4S. The second kappa shape index (κ2) is 6.67. The van der Waals surface area contributed by atoms with Crippen molar-refractivity contribution in [3.63, 3.8) is 0 Å². The second-order valence-electron chi connectivity index (χ2n) is 5.04. The summed E-state index contributed by atoms with van der Waals surface area (Å²) in [6.07, 6.45) is -0.820. The van der Waals surface area contributed by atoms with Gasteiger partial charge >= 0.3 is 0 Å². The molecule has 1 aliphatic heterocycles. The monoisotopic (exact) mass is 299 g/mol. The minimum atomic E-state index is -3.11. The Hall–Kier alpha value is -0.950. The zero-order valence-electron chi connectivity index (χ0n) is 11.6. The summed E-state index contributed by atoms with van der Waals surface area (Å²) in [4.78, 5) is 0. The molecular weight excluding hydrogens is 278 g/mol. The molecule has 1 saturated heterocycles. The molecule has 2 unspecified atom stereocenters. The molecule has 0 bridgehead atoms. The van der Waals surface area contributed by atoms with Gasteiger partial charge in [-0.2, -0.15) is 0 Å². The number of ether oxygens (including phenoxy) is 1. The van der Waals surface area contributed by atoms with E-state index in [1.165, 1.54) is 0 Å². The number of benzene rings is 1. The van der Waals surface area contributed by atoms with Crippen molar-refractivity contribution >= 4 is 9.84 Å². The Balaban J connectivity index is 1.97. The van der Waals surface area contributed by atoms with Crippen molar-refractivity contribution in [3.8, 4) is 0 Å². The zero-order chi connectivity index (χ0) is 14.6. The summed E-state index contributed by atoms with van der Waals surface area (Å²) in [5, 5.41) is 12.9. The van der Waals surface area contributed by atoms with Crippen molar-refractivity contribution in [2.24, 2.45) is 0 Å². The van der Waals surface area contributed by atoms with E-state index in [4.69, 9.17) is 4.74 Å². The van der Waals surface area contributed by atoms with E-state index in [0.717, 1.165) is 11.1 Å². The van der Waals surface area contributed by atoms with Gasteiger partial charge in [0.15, 0.2) is 9.84 Å². The number of rotatable bonds is 6. The van der Waals surface area contributed by atoms with Crippen LogP contribution < -0.4 is 5.32 Å². The van der Waals surface area contributed by atoms with E-state index in [1.54, 1.807) is 0 Å². The topological polar surface area (TPSA) is 75.6 Å². The van der Waals surface area contributed by atoms with Crippen molar-refractivity contribution in [2.45, 2.75) is 32.2 Å². The van der Waals surface area contributed by atoms with Crippen molar-refractivity contribution < 1.29 is 18.3 Å². The smallest absolute Gasteiger partial charge is 0.154 e. The van der Waals surface area contributed by atoms with Crippen molar-refractivity contribution in [3.05, 3.63) is 35.4 Å². The fourth-order valence-corrected chi connectivity index (χ4v) is 4.12. The molecule has 1 aliphatic rings. The van der Waals surface area contributed by atoms with Gasteiger partial charge in [0.25, 0.3) is 0 Å². The van der Waals surface area contributed by atoms with E-state index in [0.29, 0.717) is 19.8 Å². The predicted octanol–water partition coefficient (Wildman–Crippen LogP) is 0.471. The zero-order valence-corrected chi connectivity index (χ0v) is 12.4. The highest BCUT2D eigenvalue weighted by Gasteiger charge is 2.35. The average Bonchev–Trinajstić information content (AvgIpc) is 2.67. The minimum absolute atomic E-state index is 0.00178. The Morgan fingerprint density at radius 1 is 1.30 bits per heavy atom. The second-order valence-corrected chi connectivity index (χ2v) is 7.19. The summed E-state index contributed by atoms with van der Waals surface area (Å²) < 4.78 is 28.3. The molecule has 112 valence electrons. The van der Waals surface area contributed by atoms with Gasteiger partial charge in [0.1, 0.15) is 0 Å². The molecule has 2 N–H and O–H groups in total. The summed E-state index contributed by atoms with van der Waals surface area (Å²) in [6.45, 7) is 3.67. The van der Waals surface area contributed by atoms with E-state index in [1.807, 2.05) is 31.2 Å². The number of aliphatic hydroxyl groups is 1. The Morgan fingerprint density at radius 3 is 2.60 bits per heavy atom. The van der Waals surface area contributed by atoms with Gasteiger partial charge in [0.2, 0.25) is 0 Å². The third-order valence-corrected chi connectivity index (χ3v) is 5.17. The van der Waals surface area contributed by atoms with Crippen LogP contribution >= 0.6 is 0 Å². The molecule has 1 fully saturated rings. The molecule has 0 spiro atoms. The molecule has 0 aromatic heterocycles. The summed E-state index contributed by atoms with van der Waals surface area (Å²) in [7, 11) is -3.11. The van der Waals surface area contributed by atoms with Crippen molar-refractivity contribution in [1.29, 1.82) is 0 Å². The summed E-state index contributed by atoms with van der Waals surface area (Å²) in [5.74, 6) is -0.146. The number of sulfone groups is 1. The first-order valence-electron chi connectivity index (χ1n) is 6.78. The van der Waals surface area contributed by atoms with Gasteiger partial charge in [-0.05, 0) is 18.1 Å². The molecule has 0 aliphatic carbocycles. The van der Waals surface area contributed by atoms with Gasteiger partial charge in [-0.3, -0.25) is 0 Å². The van der Waals surface area contributed by atoms with Crippen LogP contribution in [0, 0.1) is 0 Å². The number of hydrogen-bond acceptors (Lipinski definition) is 5. The van der Waals surface area contributed by atoms with Crippen LogP contribution in [-0.4, -0.2) is 43.8 Å². The van der Waals surface area contributed by atoms with Crippen LogP contribution in [0.3, 0.4) is 0 Å². The van der Waals surface area contributed by atoms with Gasteiger partial charge in [-0.25, -0.2) is 8.42 Å². The van der Waals surface area contributed by atoms with Crippen LogP contribution in [0.4, 0.5) is 0 Å². The Kier molecular flexibility index (Phi) is 5.15. The molecule has 2 rings (SSSR count).